The van der Waals surface area contributed by atoms with E-state index in [0.717, 1.165) is 0 Å². The molecule has 96 valence electrons. The van der Waals surface area contributed by atoms with E-state index in [-0.39, 0.29) is 17.2 Å². The maximum atomic E-state index is 14.0. The molecular formula is C12H21FN4. The molecule has 5 heteroatoms. The maximum absolute atomic E-state index is 14.0. The Morgan fingerprint density at radius 1 is 1.35 bits per heavy atom. The van der Waals surface area contributed by atoms with Crippen LogP contribution in [0.5, 0.6) is 0 Å². The minimum atomic E-state index is -0.307. The zero-order chi connectivity index (χ0) is 13.1. The minimum Gasteiger partial charge on any atom is -0.308 e. The third kappa shape index (κ3) is 4.66. The van der Waals surface area contributed by atoms with Crippen molar-refractivity contribution in [1.82, 2.24) is 15.3 Å². The lowest BCUT2D eigenvalue weighted by Crippen LogP contribution is -2.35. The van der Waals surface area contributed by atoms with Gasteiger partial charge in [-0.1, -0.05) is 0 Å². The van der Waals surface area contributed by atoms with Crippen LogP contribution in [-0.2, 0) is 6.54 Å². The summed E-state index contributed by atoms with van der Waals surface area (Å²) in [7, 11) is 3.59. The molecule has 1 aromatic rings. The summed E-state index contributed by atoms with van der Waals surface area (Å²) in [5.74, 6) is -0.0545. The smallest absolute Gasteiger partial charge is 0.177 e. The van der Waals surface area contributed by atoms with E-state index in [9.17, 15) is 4.39 Å². The van der Waals surface area contributed by atoms with Gasteiger partial charge in [0.1, 0.15) is 0 Å². The highest BCUT2D eigenvalue weighted by Crippen LogP contribution is 2.15. The average molecular weight is 240 g/mol. The Morgan fingerprint density at radius 3 is 2.53 bits per heavy atom. The summed E-state index contributed by atoms with van der Waals surface area (Å²) >= 11 is 0. The van der Waals surface area contributed by atoms with Crippen LogP contribution < -0.4 is 10.7 Å². The summed E-state index contributed by atoms with van der Waals surface area (Å²) in [5.41, 5.74) is 3.40. The number of halogens is 1. The van der Waals surface area contributed by atoms with Crippen molar-refractivity contribution in [1.29, 1.82) is 0 Å². The Labute approximate surface area is 102 Å². The van der Waals surface area contributed by atoms with Gasteiger partial charge < -0.3 is 10.7 Å². The van der Waals surface area contributed by atoms with Crippen molar-refractivity contribution in [2.75, 3.05) is 19.5 Å². The monoisotopic (exact) mass is 240 g/mol. The fourth-order valence-electron chi connectivity index (χ4n) is 1.27. The molecule has 0 bridgehead atoms. The molecular weight excluding hydrogens is 219 g/mol. The van der Waals surface area contributed by atoms with Crippen LogP contribution in [0.2, 0.25) is 0 Å². The standard InChI is InChI=1S/C12H21FN4/c1-12(2,3)15-8-9-6-7-14-11(10(9)13)16-17(4)5/h6-7,15H,8H2,1-5H3,(H,14,16). The molecule has 0 saturated heterocycles. The van der Waals surface area contributed by atoms with Crippen LogP contribution >= 0.6 is 0 Å². The van der Waals surface area contributed by atoms with Crippen LogP contribution in [-0.4, -0.2) is 29.6 Å². The molecule has 1 aromatic heterocycles. The normalized spacial score (nSPS) is 11.9. The van der Waals surface area contributed by atoms with Gasteiger partial charge >= 0.3 is 0 Å². The number of nitrogens with zero attached hydrogens (tertiary/aromatic N) is 2. The second-order valence-electron chi connectivity index (χ2n) is 5.24. The molecule has 0 fully saturated rings. The molecule has 0 saturated carbocycles. The Hall–Kier alpha value is -1.20. The van der Waals surface area contributed by atoms with E-state index in [1.54, 1.807) is 31.4 Å². The van der Waals surface area contributed by atoms with E-state index in [1.807, 2.05) is 20.8 Å². The third-order valence-corrected chi connectivity index (χ3v) is 2.11. The topological polar surface area (TPSA) is 40.2 Å². The van der Waals surface area contributed by atoms with Crippen molar-refractivity contribution in [3.63, 3.8) is 0 Å². The Kier molecular flexibility index (Phi) is 4.42. The lowest BCUT2D eigenvalue weighted by atomic mass is 10.1. The zero-order valence-corrected chi connectivity index (χ0v) is 11.1. The van der Waals surface area contributed by atoms with Gasteiger partial charge in [-0.05, 0) is 26.8 Å². The van der Waals surface area contributed by atoms with Crippen LogP contribution in [0, 0.1) is 5.82 Å². The molecule has 0 aliphatic heterocycles. The number of hydrazine groups is 1. The summed E-state index contributed by atoms with van der Waals surface area (Å²) < 4.78 is 14.0. The highest BCUT2D eigenvalue weighted by molar-refractivity contribution is 5.38. The Balaban J connectivity index is 2.80. The number of rotatable bonds is 4. The number of anilines is 1. The second kappa shape index (κ2) is 5.42. The molecule has 0 atom stereocenters. The minimum absolute atomic E-state index is 0.0369. The van der Waals surface area contributed by atoms with E-state index in [4.69, 9.17) is 0 Å². The molecule has 0 amide bonds. The number of nitrogens with one attached hydrogen (secondary N) is 2. The highest BCUT2D eigenvalue weighted by Gasteiger charge is 2.13. The van der Waals surface area contributed by atoms with Crippen molar-refractivity contribution in [2.45, 2.75) is 32.9 Å². The van der Waals surface area contributed by atoms with Crippen molar-refractivity contribution < 1.29 is 4.39 Å². The molecule has 1 rings (SSSR count). The fourth-order valence-corrected chi connectivity index (χ4v) is 1.27. The molecule has 1 heterocycles. The van der Waals surface area contributed by atoms with Crippen LogP contribution in [0.25, 0.3) is 0 Å². The molecule has 2 N–H and O–H groups in total. The molecule has 0 aliphatic carbocycles. The number of hydrogen-bond donors (Lipinski definition) is 2. The van der Waals surface area contributed by atoms with Gasteiger partial charge in [0.25, 0.3) is 0 Å². The Morgan fingerprint density at radius 2 is 2.00 bits per heavy atom. The van der Waals surface area contributed by atoms with Gasteiger partial charge in [-0.2, -0.15) is 0 Å². The summed E-state index contributed by atoms with van der Waals surface area (Å²) in [6.07, 6.45) is 1.61. The summed E-state index contributed by atoms with van der Waals surface area (Å²) in [6, 6.07) is 1.69. The molecule has 0 aromatic carbocycles. The molecule has 0 aliphatic rings. The maximum Gasteiger partial charge on any atom is 0.177 e. The predicted molar refractivity (Wildman–Crippen MR) is 68.1 cm³/mol. The van der Waals surface area contributed by atoms with Crippen molar-refractivity contribution in [3.8, 4) is 0 Å². The van der Waals surface area contributed by atoms with Gasteiger partial charge in [0, 0.05) is 37.9 Å². The fraction of sp³-hybridized carbons (Fsp3) is 0.583. The van der Waals surface area contributed by atoms with E-state index in [1.165, 1.54) is 0 Å². The first-order chi connectivity index (χ1) is 7.79. The first-order valence-corrected chi connectivity index (χ1v) is 5.62. The van der Waals surface area contributed by atoms with Crippen molar-refractivity contribution in [2.24, 2.45) is 0 Å². The molecule has 4 nitrogen and oxygen atoms in total. The number of hydrogen-bond acceptors (Lipinski definition) is 4. The van der Waals surface area contributed by atoms with Crippen molar-refractivity contribution in [3.05, 3.63) is 23.6 Å². The molecule has 0 spiro atoms. The molecule has 0 unspecified atom stereocenters. The van der Waals surface area contributed by atoms with Gasteiger partial charge in [-0.25, -0.2) is 14.4 Å². The van der Waals surface area contributed by atoms with E-state index in [0.29, 0.717) is 12.1 Å². The molecule has 0 radical (unpaired) electrons. The largest absolute Gasteiger partial charge is 0.308 e. The van der Waals surface area contributed by atoms with E-state index < -0.39 is 0 Å². The van der Waals surface area contributed by atoms with Gasteiger partial charge in [0.05, 0.1) is 0 Å². The number of aromatic nitrogens is 1. The summed E-state index contributed by atoms with van der Waals surface area (Å²) in [4.78, 5) is 3.97. The summed E-state index contributed by atoms with van der Waals surface area (Å²) in [6.45, 7) is 6.63. The molecule has 17 heavy (non-hydrogen) atoms. The van der Waals surface area contributed by atoms with Gasteiger partial charge in [-0.15, -0.1) is 0 Å². The second-order valence-corrected chi connectivity index (χ2v) is 5.24. The van der Waals surface area contributed by atoms with E-state index in [2.05, 4.69) is 15.7 Å². The lowest BCUT2D eigenvalue weighted by molar-refractivity contribution is 0.417. The first-order valence-electron chi connectivity index (χ1n) is 5.62. The number of pyridine rings is 1. The quantitative estimate of drug-likeness (QED) is 0.790. The summed E-state index contributed by atoms with van der Waals surface area (Å²) in [5, 5.41) is 4.91. The highest BCUT2D eigenvalue weighted by atomic mass is 19.1. The van der Waals surface area contributed by atoms with Crippen LogP contribution in [0.3, 0.4) is 0 Å². The van der Waals surface area contributed by atoms with Gasteiger partial charge in [-0.3, -0.25) is 0 Å². The first kappa shape index (κ1) is 13.9. The van der Waals surface area contributed by atoms with E-state index >= 15 is 0 Å². The van der Waals surface area contributed by atoms with Gasteiger partial charge in [0.15, 0.2) is 11.6 Å². The average Bonchev–Trinajstić information content (AvgIpc) is 2.17. The van der Waals surface area contributed by atoms with Gasteiger partial charge in [0.2, 0.25) is 0 Å². The van der Waals surface area contributed by atoms with Crippen LogP contribution in [0.1, 0.15) is 26.3 Å². The van der Waals surface area contributed by atoms with Crippen molar-refractivity contribution >= 4 is 5.82 Å². The lowest BCUT2D eigenvalue weighted by Gasteiger charge is -2.21. The third-order valence-electron chi connectivity index (χ3n) is 2.11. The zero-order valence-electron chi connectivity index (χ0n) is 11.1. The predicted octanol–water partition coefficient (Wildman–Crippen LogP) is 2.00. The Bertz CT molecular complexity index is 371. The van der Waals surface area contributed by atoms with Crippen LogP contribution in [0.15, 0.2) is 12.3 Å². The SMILES string of the molecule is CN(C)Nc1nccc(CNC(C)(C)C)c1F. The van der Waals surface area contributed by atoms with Crippen LogP contribution in [0.4, 0.5) is 10.2 Å².